The molecule has 0 saturated heterocycles. The van der Waals surface area contributed by atoms with Gasteiger partial charge >= 0.3 is 10.1 Å². The molecule has 0 radical (unpaired) electrons. The molecule has 0 saturated carbocycles. The monoisotopic (exact) mass is 450 g/mol. The second kappa shape index (κ2) is 8.04. The maximum atomic E-state index is 13.0. The number of aryl methyl sites for hydroxylation is 1. The fraction of sp³-hybridized carbons (Fsp3) is 0.190. The van der Waals surface area contributed by atoms with E-state index in [1.807, 2.05) is 6.92 Å². The minimum Gasteiger partial charge on any atom is -0.507 e. The topological polar surface area (TPSA) is 99.1 Å². The number of carbonyl (C=O) groups is 1. The van der Waals surface area contributed by atoms with Crippen LogP contribution in [-0.2, 0) is 10.1 Å². The van der Waals surface area contributed by atoms with Gasteiger partial charge in [0.15, 0.2) is 11.5 Å². The molecule has 9 heteroatoms. The summed E-state index contributed by atoms with van der Waals surface area (Å²) < 4.78 is 42.0. The summed E-state index contributed by atoms with van der Waals surface area (Å²) in [6.07, 6.45) is 0. The summed E-state index contributed by atoms with van der Waals surface area (Å²) in [5.74, 6) is -1.16. The van der Waals surface area contributed by atoms with Crippen LogP contribution in [0.15, 0.2) is 41.3 Å². The predicted molar refractivity (Wildman–Crippen MR) is 113 cm³/mol. The van der Waals surface area contributed by atoms with Crippen LogP contribution in [0.1, 0.15) is 22.8 Å². The average molecular weight is 451 g/mol. The van der Waals surface area contributed by atoms with Gasteiger partial charge in [-0.15, -0.1) is 0 Å². The fourth-order valence-corrected chi connectivity index (χ4v) is 4.32. The zero-order chi connectivity index (χ0) is 22.2. The van der Waals surface area contributed by atoms with Crippen molar-refractivity contribution in [2.24, 2.45) is 0 Å². The van der Waals surface area contributed by atoms with E-state index in [2.05, 4.69) is 0 Å². The van der Waals surface area contributed by atoms with Crippen LogP contribution >= 0.6 is 11.6 Å². The van der Waals surface area contributed by atoms with E-state index in [1.54, 1.807) is 12.1 Å². The summed E-state index contributed by atoms with van der Waals surface area (Å²) in [6, 6.07) is 8.72. The lowest BCUT2D eigenvalue weighted by Gasteiger charge is -2.18. The van der Waals surface area contributed by atoms with E-state index < -0.39 is 27.4 Å². The zero-order valence-corrected chi connectivity index (χ0v) is 18.2. The number of carbonyl (C=O) groups excluding carboxylic acids is 1. The van der Waals surface area contributed by atoms with Crippen LogP contribution in [0.5, 0.6) is 23.0 Å². The van der Waals surface area contributed by atoms with Crippen molar-refractivity contribution in [2.75, 3.05) is 14.2 Å². The maximum Gasteiger partial charge on any atom is 0.339 e. The highest BCUT2D eigenvalue weighted by atomic mass is 35.5. The van der Waals surface area contributed by atoms with Crippen molar-refractivity contribution < 1.29 is 32.0 Å². The highest BCUT2D eigenvalue weighted by molar-refractivity contribution is 7.87. The number of hydrogen-bond acceptors (Lipinski definition) is 7. The molecule has 0 aromatic heterocycles. The van der Waals surface area contributed by atoms with Crippen LogP contribution in [0.3, 0.4) is 0 Å². The summed E-state index contributed by atoms with van der Waals surface area (Å²) in [5.41, 5.74) is 0.542. The summed E-state index contributed by atoms with van der Waals surface area (Å²) in [5, 5.41) is 10.9. The number of rotatable bonds is 6. The van der Waals surface area contributed by atoms with Crippen molar-refractivity contribution in [3.63, 3.8) is 0 Å². The number of Topliss-reactive ketones (excluding diaryl/α,β-unsaturated/α-hetero) is 1. The van der Waals surface area contributed by atoms with Gasteiger partial charge in [-0.05, 0) is 32.0 Å². The zero-order valence-electron chi connectivity index (χ0n) is 16.6. The van der Waals surface area contributed by atoms with Gasteiger partial charge in [0.25, 0.3) is 0 Å². The SMILES string of the molecule is COc1cc(Cl)c(OC)c2c(OS(=O)(=O)c3ccc(C)cc3)c(C(C)=O)c(O)cc12. The molecule has 3 rings (SSSR count). The normalized spacial score (nSPS) is 11.4. The van der Waals surface area contributed by atoms with Crippen molar-refractivity contribution in [3.05, 3.63) is 52.5 Å². The molecule has 1 N–H and O–H groups in total. The molecule has 0 unspecified atom stereocenters. The number of aromatic hydroxyl groups is 1. The van der Waals surface area contributed by atoms with Crippen molar-refractivity contribution in [3.8, 4) is 23.0 Å². The first-order valence-electron chi connectivity index (χ1n) is 8.73. The Kier molecular flexibility index (Phi) is 5.83. The Morgan fingerprint density at radius 3 is 2.20 bits per heavy atom. The molecule has 0 spiro atoms. The van der Waals surface area contributed by atoms with Crippen LogP contribution in [-0.4, -0.2) is 33.5 Å². The molecule has 3 aromatic rings. The van der Waals surface area contributed by atoms with Crippen LogP contribution < -0.4 is 13.7 Å². The minimum absolute atomic E-state index is 0.0732. The Morgan fingerprint density at radius 1 is 1.03 bits per heavy atom. The molecular weight excluding hydrogens is 432 g/mol. The van der Waals surface area contributed by atoms with Crippen LogP contribution in [0.25, 0.3) is 10.8 Å². The molecule has 0 bridgehead atoms. The smallest absolute Gasteiger partial charge is 0.339 e. The molecule has 0 amide bonds. The number of halogens is 1. The van der Waals surface area contributed by atoms with Gasteiger partial charge in [0.1, 0.15) is 27.7 Å². The number of phenolic OH excluding ortho intramolecular Hbond substituents is 1. The summed E-state index contributed by atoms with van der Waals surface area (Å²) in [7, 11) is -1.63. The first kappa shape index (κ1) is 21.7. The lowest BCUT2D eigenvalue weighted by molar-refractivity contribution is 0.101. The molecule has 0 fully saturated rings. The highest BCUT2D eigenvalue weighted by Gasteiger charge is 2.29. The first-order valence-corrected chi connectivity index (χ1v) is 10.5. The highest BCUT2D eigenvalue weighted by Crippen LogP contribution is 2.48. The van der Waals surface area contributed by atoms with E-state index >= 15 is 0 Å². The second-order valence-corrected chi connectivity index (χ2v) is 8.48. The lowest BCUT2D eigenvalue weighted by atomic mass is 10.00. The maximum absolute atomic E-state index is 13.0. The molecule has 0 aliphatic carbocycles. The molecule has 30 heavy (non-hydrogen) atoms. The minimum atomic E-state index is -4.35. The average Bonchev–Trinajstić information content (AvgIpc) is 2.67. The summed E-state index contributed by atoms with van der Waals surface area (Å²) in [4.78, 5) is 12.2. The van der Waals surface area contributed by atoms with Crippen molar-refractivity contribution in [2.45, 2.75) is 18.7 Å². The molecular formula is C21H19ClO7S. The Labute approximate surface area is 178 Å². The van der Waals surface area contributed by atoms with E-state index in [0.717, 1.165) is 5.56 Å². The Bertz CT molecular complexity index is 1250. The molecule has 0 aliphatic heterocycles. The van der Waals surface area contributed by atoms with Gasteiger partial charge in [-0.3, -0.25) is 4.79 Å². The van der Waals surface area contributed by atoms with Gasteiger partial charge < -0.3 is 18.8 Å². The van der Waals surface area contributed by atoms with Gasteiger partial charge in [0, 0.05) is 11.5 Å². The number of benzene rings is 3. The summed E-state index contributed by atoms with van der Waals surface area (Å²) >= 11 is 6.28. The third kappa shape index (κ3) is 3.76. The van der Waals surface area contributed by atoms with E-state index in [4.69, 9.17) is 25.3 Å². The lowest BCUT2D eigenvalue weighted by Crippen LogP contribution is -2.13. The van der Waals surface area contributed by atoms with E-state index in [1.165, 1.54) is 45.4 Å². The summed E-state index contributed by atoms with van der Waals surface area (Å²) in [6.45, 7) is 2.99. The predicted octanol–water partition coefficient (Wildman–Crippen LogP) is 4.49. The van der Waals surface area contributed by atoms with E-state index in [-0.39, 0.29) is 37.8 Å². The molecule has 158 valence electrons. The van der Waals surface area contributed by atoms with Gasteiger partial charge in [-0.25, -0.2) is 0 Å². The van der Waals surface area contributed by atoms with Crippen LogP contribution in [0.4, 0.5) is 0 Å². The number of ketones is 1. The van der Waals surface area contributed by atoms with Gasteiger partial charge in [-0.1, -0.05) is 29.3 Å². The Balaban J connectivity index is 2.41. The van der Waals surface area contributed by atoms with Gasteiger partial charge in [0.05, 0.1) is 24.6 Å². The molecule has 0 heterocycles. The van der Waals surface area contributed by atoms with E-state index in [0.29, 0.717) is 0 Å². The van der Waals surface area contributed by atoms with Crippen molar-refractivity contribution in [1.82, 2.24) is 0 Å². The van der Waals surface area contributed by atoms with Crippen molar-refractivity contribution in [1.29, 1.82) is 0 Å². The molecule has 3 aromatic carbocycles. The largest absolute Gasteiger partial charge is 0.507 e. The third-order valence-corrected chi connectivity index (χ3v) is 6.02. The Morgan fingerprint density at radius 2 is 1.67 bits per heavy atom. The fourth-order valence-electron chi connectivity index (χ4n) is 3.10. The first-order chi connectivity index (χ1) is 14.1. The number of ether oxygens (including phenoxy) is 2. The molecule has 0 aliphatic rings. The number of hydrogen-bond donors (Lipinski definition) is 1. The van der Waals surface area contributed by atoms with Gasteiger partial charge in [0.2, 0.25) is 0 Å². The van der Waals surface area contributed by atoms with Crippen molar-refractivity contribution >= 4 is 38.3 Å². The number of fused-ring (bicyclic) bond motifs is 1. The second-order valence-electron chi connectivity index (χ2n) is 6.52. The quantitative estimate of drug-likeness (QED) is 0.436. The third-order valence-electron chi connectivity index (χ3n) is 4.51. The number of phenols is 1. The van der Waals surface area contributed by atoms with Gasteiger partial charge in [-0.2, -0.15) is 8.42 Å². The van der Waals surface area contributed by atoms with Crippen LogP contribution in [0.2, 0.25) is 5.02 Å². The van der Waals surface area contributed by atoms with E-state index in [9.17, 15) is 18.3 Å². The molecule has 7 nitrogen and oxygen atoms in total. The molecule has 0 atom stereocenters. The number of methoxy groups -OCH3 is 2. The van der Waals surface area contributed by atoms with Crippen LogP contribution in [0, 0.1) is 6.92 Å². The Hall–Kier alpha value is -2.97. The standard InChI is InChI=1S/C21H19ClO7S/c1-11-5-7-13(8-6-11)30(25,26)29-21-18(12(2)23)16(24)9-14-17(27-3)10-15(22)20(28-4)19(14)21/h5-10,24H,1-4H3.